The SMILES string of the molecule is O=C(O)C1CCC(NCc2ccc(C3=NC(c4ccc(C5CCCCC5)cc4)ON3)cc2)C1. The first kappa shape index (κ1) is 22.1. The molecule has 1 aliphatic heterocycles. The summed E-state index contributed by atoms with van der Waals surface area (Å²) in [4.78, 5) is 21.6. The second kappa shape index (κ2) is 10.1. The summed E-state index contributed by atoms with van der Waals surface area (Å²) in [5.74, 6) is 0.577. The van der Waals surface area contributed by atoms with Crippen LogP contribution in [0.1, 0.15) is 85.8 Å². The van der Waals surface area contributed by atoms with Gasteiger partial charge in [0.2, 0.25) is 6.23 Å². The molecule has 2 fully saturated rings. The number of carbonyl (C=O) groups is 1. The number of nitrogens with one attached hydrogen (secondary N) is 2. The highest BCUT2D eigenvalue weighted by Crippen LogP contribution is 2.33. The van der Waals surface area contributed by atoms with Crippen molar-refractivity contribution in [2.24, 2.45) is 10.9 Å². The molecule has 33 heavy (non-hydrogen) atoms. The van der Waals surface area contributed by atoms with Gasteiger partial charge in [0.1, 0.15) is 0 Å². The Labute approximate surface area is 195 Å². The number of aliphatic imine (C=N–C) groups is 1. The molecule has 3 N–H and O–H groups in total. The van der Waals surface area contributed by atoms with Crippen LogP contribution in [0, 0.1) is 5.92 Å². The van der Waals surface area contributed by atoms with Gasteiger partial charge in [-0.2, -0.15) is 0 Å². The summed E-state index contributed by atoms with van der Waals surface area (Å²) in [6, 6.07) is 17.3. The summed E-state index contributed by atoms with van der Waals surface area (Å²) in [7, 11) is 0. The maximum absolute atomic E-state index is 11.1. The molecule has 0 saturated heterocycles. The van der Waals surface area contributed by atoms with Crippen molar-refractivity contribution in [3.05, 3.63) is 70.8 Å². The third kappa shape index (κ3) is 5.28. The van der Waals surface area contributed by atoms with Crippen molar-refractivity contribution in [3.8, 4) is 0 Å². The highest BCUT2D eigenvalue weighted by molar-refractivity contribution is 5.98. The number of hydroxylamine groups is 1. The topological polar surface area (TPSA) is 83.0 Å². The van der Waals surface area contributed by atoms with Gasteiger partial charge in [0.15, 0.2) is 5.84 Å². The fourth-order valence-corrected chi connectivity index (χ4v) is 5.36. The van der Waals surface area contributed by atoms with Crippen LogP contribution >= 0.6 is 0 Å². The van der Waals surface area contributed by atoms with E-state index in [1.807, 2.05) is 0 Å². The Bertz CT molecular complexity index is 981. The first-order valence-electron chi connectivity index (χ1n) is 12.3. The average Bonchev–Trinajstić information content (AvgIpc) is 3.54. The van der Waals surface area contributed by atoms with Crippen molar-refractivity contribution in [1.82, 2.24) is 10.8 Å². The standard InChI is InChI=1S/C27H33N3O3/c31-27(32)23-14-15-24(16-23)28-17-18-6-8-21(9-7-18)25-29-26(33-30-25)22-12-10-20(11-13-22)19-4-2-1-3-5-19/h6-13,19,23-24,26,28H,1-5,14-17H2,(H,29,30)(H,31,32). The van der Waals surface area contributed by atoms with E-state index in [9.17, 15) is 4.79 Å². The molecule has 6 nitrogen and oxygen atoms in total. The van der Waals surface area contributed by atoms with Crippen LogP contribution in [0.2, 0.25) is 0 Å². The van der Waals surface area contributed by atoms with E-state index in [2.05, 4.69) is 59.3 Å². The van der Waals surface area contributed by atoms with Gasteiger partial charge in [-0.15, -0.1) is 0 Å². The van der Waals surface area contributed by atoms with E-state index in [-0.39, 0.29) is 18.2 Å². The molecule has 3 aliphatic rings. The van der Waals surface area contributed by atoms with Crippen molar-refractivity contribution < 1.29 is 14.7 Å². The minimum Gasteiger partial charge on any atom is -0.481 e. The third-order valence-corrected chi connectivity index (χ3v) is 7.42. The van der Waals surface area contributed by atoms with E-state index in [0.29, 0.717) is 12.3 Å². The van der Waals surface area contributed by atoms with Crippen LogP contribution in [0.25, 0.3) is 0 Å². The molecule has 2 aromatic rings. The van der Waals surface area contributed by atoms with Crippen molar-refractivity contribution in [3.63, 3.8) is 0 Å². The van der Waals surface area contributed by atoms with Gasteiger partial charge < -0.3 is 10.4 Å². The Morgan fingerprint density at radius 1 is 0.970 bits per heavy atom. The van der Waals surface area contributed by atoms with Crippen LogP contribution in [0.15, 0.2) is 53.5 Å². The molecule has 174 valence electrons. The smallest absolute Gasteiger partial charge is 0.306 e. The largest absolute Gasteiger partial charge is 0.481 e. The van der Waals surface area contributed by atoms with Crippen LogP contribution in [-0.4, -0.2) is 23.0 Å². The van der Waals surface area contributed by atoms with Gasteiger partial charge in [0.05, 0.1) is 5.92 Å². The van der Waals surface area contributed by atoms with E-state index in [1.54, 1.807) is 0 Å². The molecule has 0 radical (unpaired) electrons. The summed E-state index contributed by atoms with van der Waals surface area (Å²) in [6.07, 6.45) is 8.75. The van der Waals surface area contributed by atoms with Gasteiger partial charge in [-0.05, 0) is 49.1 Å². The number of rotatable bonds is 7. The van der Waals surface area contributed by atoms with Gasteiger partial charge >= 0.3 is 5.97 Å². The Balaban J connectivity index is 1.16. The summed E-state index contributed by atoms with van der Waals surface area (Å²) in [5, 5.41) is 12.6. The Kier molecular flexibility index (Phi) is 6.74. The zero-order chi connectivity index (χ0) is 22.6. The van der Waals surface area contributed by atoms with Crippen LogP contribution in [0.5, 0.6) is 0 Å². The fraction of sp³-hybridized carbons (Fsp3) is 0.481. The van der Waals surface area contributed by atoms with Crippen molar-refractivity contribution in [1.29, 1.82) is 0 Å². The summed E-state index contributed by atoms with van der Waals surface area (Å²) in [6.45, 7) is 0.740. The number of carboxylic acids is 1. The van der Waals surface area contributed by atoms with Gasteiger partial charge in [0, 0.05) is 23.7 Å². The summed E-state index contributed by atoms with van der Waals surface area (Å²) >= 11 is 0. The minimum absolute atomic E-state index is 0.201. The Morgan fingerprint density at radius 2 is 1.70 bits per heavy atom. The Morgan fingerprint density at radius 3 is 2.39 bits per heavy atom. The number of benzene rings is 2. The lowest BCUT2D eigenvalue weighted by Crippen LogP contribution is -2.26. The van der Waals surface area contributed by atoms with E-state index in [4.69, 9.17) is 14.9 Å². The van der Waals surface area contributed by atoms with Crippen LogP contribution in [0.3, 0.4) is 0 Å². The first-order valence-corrected chi connectivity index (χ1v) is 12.3. The second-order valence-corrected chi connectivity index (χ2v) is 9.67. The molecule has 2 aromatic carbocycles. The second-order valence-electron chi connectivity index (χ2n) is 9.67. The highest BCUT2D eigenvalue weighted by Gasteiger charge is 2.29. The van der Waals surface area contributed by atoms with E-state index in [0.717, 1.165) is 36.3 Å². The van der Waals surface area contributed by atoms with Crippen LogP contribution in [-0.2, 0) is 16.2 Å². The molecular weight excluding hydrogens is 414 g/mol. The number of amidine groups is 1. The minimum atomic E-state index is -0.672. The van der Waals surface area contributed by atoms with Gasteiger partial charge in [0.25, 0.3) is 0 Å². The molecule has 2 saturated carbocycles. The van der Waals surface area contributed by atoms with Crippen molar-refractivity contribution in [2.75, 3.05) is 0 Å². The number of carboxylic acid groups (broad SMARTS) is 1. The number of nitrogens with zero attached hydrogens (tertiary/aromatic N) is 1. The van der Waals surface area contributed by atoms with Gasteiger partial charge in [-0.3, -0.25) is 4.79 Å². The monoisotopic (exact) mass is 447 g/mol. The molecule has 0 amide bonds. The number of hydrogen-bond donors (Lipinski definition) is 3. The van der Waals surface area contributed by atoms with E-state index >= 15 is 0 Å². The molecule has 2 aliphatic carbocycles. The van der Waals surface area contributed by atoms with Gasteiger partial charge in [-0.25, -0.2) is 15.3 Å². The zero-order valence-corrected chi connectivity index (χ0v) is 19.0. The molecular formula is C27H33N3O3. The third-order valence-electron chi connectivity index (χ3n) is 7.42. The molecule has 1 heterocycles. The predicted molar refractivity (Wildman–Crippen MR) is 128 cm³/mol. The first-order chi connectivity index (χ1) is 16.2. The summed E-state index contributed by atoms with van der Waals surface area (Å²) in [5.41, 5.74) is 7.66. The van der Waals surface area contributed by atoms with Crippen molar-refractivity contribution >= 4 is 11.8 Å². The molecule has 0 bridgehead atoms. The van der Waals surface area contributed by atoms with Crippen molar-refractivity contribution in [2.45, 2.75) is 76.1 Å². The number of hydrogen-bond acceptors (Lipinski definition) is 5. The molecule has 0 aromatic heterocycles. The summed E-state index contributed by atoms with van der Waals surface area (Å²) < 4.78 is 0. The normalized spacial score (nSPS) is 25.6. The molecule has 5 rings (SSSR count). The Hall–Kier alpha value is -2.70. The van der Waals surface area contributed by atoms with Crippen LogP contribution in [0.4, 0.5) is 0 Å². The zero-order valence-electron chi connectivity index (χ0n) is 19.0. The predicted octanol–water partition coefficient (Wildman–Crippen LogP) is 5.06. The van der Waals surface area contributed by atoms with E-state index in [1.165, 1.54) is 43.2 Å². The maximum atomic E-state index is 11.1. The highest BCUT2D eigenvalue weighted by atomic mass is 16.7. The lowest BCUT2D eigenvalue weighted by molar-refractivity contribution is -0.141. The molecule has 3 atom stereocenters. The molecule has 0 spiro atoms. The lowest BCUT2D eigenvalue weighted by atomic mass is 9.84. The quantitative estimate of drug-likeness (QED) is 0.553. The fourth-order valence-electron chi connectivity index (χ4n) is 5.36. The number of aliphatic carboxylic acids is 1. The molecule has 3 unspecified atom stereocenters. The van der Waals surface area contributed by atoms with E-state index < -0.39 is 5.97 Å². The molecule has 6 heteroatoms. The lowest BCUT2D eigenvalue weighted by Gasteiger charge is -2.22. The van der Waals surface area contributed by atoms with Gasteiger partial charge in [-0.1, -0.05) is 67.8 Å². The maximum Gasteiger partial charge on any atom is 0.306 e. The van der Waals surface area contributed by atoms with Crippen LogP contribution < -0.4 is 10.8 Å². The average molecular weight is 448 g/mol.